The Bertz CT molecular complexity index is 768. The number of nitrogens with zero attached hydrogens (tertiary/aromatic N) is 3. The van der Waals surface area contributed by atoms with Crippen molar-refractivity contribution in [1.82, 2.24) is 14.5 Å². The van der Waals surface area contributed by atoms with Crippen LogP contribution in [-0.2, 0) is 13.1 Å². The van der Waals surface area contributed by atoms with Crippen LogP contribution < -0.4 is 5.32 Å². The van der Waals surface area contributed by atoms with Crippen molar-refractivity contribution < 1.29 is 0 Å². The molecule has 2 aromatic heterocycles. The molecule has 0 fully saturated rings. The van der Waals surface area contributed by atoms with Crippen molar-refractivity contribution in [3.63, 3.8) is 0 Å². The molecule has 21 heavy (non-hydrogen) atoms. The summed E-state index contributed by atoms with van der Waals surface area (Å²) in [6.07, 6.45) is 5.71. The van der Waals surface area contributed by atoms with Gasteiger partial charge in [0.25, 0.3) is 0 Å². The first-order chi connectivity index (χ1) is 10.3. The van der Waals surface area contributed by atoms with Gasteiger partial charge in [0.1, 0.15) is 0 Å². The molecule has 0 amide bonds. The van der Waals surface area contributed by atoms with Gasteiger partial charge < -0.3 is 9.88 Å². The maximum absolute atomic E-state index is 4.51. The summed E-state index contributed by atoms with van der Waals surface area (Å²) in [5.41, 5.74) is 3.19. The highest BCUT2D eigenvalue weighted by Gasteiger charge is 2.06. The van der Waals surface area contributed by atoms with Crippen LogP contribution in [0, 0.1) is 6.92 Å². The van der Waals surface area contributed by atoms with Crippen LogP contribution in [0.1, 0.15) is 11.3 Å². The molecule has 0 bridgehead atoms. The molecule has 0 unspecified atom stereocenters. The fourth-order valence-electron chi connectivity index (χ4n) is 2.45. The first-order valence-electron chi connectivity index (χ1n) is 6.99. The second-order valence-corrected chi connectivity index (χ2v) is 4.99. The number of aryl methyl sites for hydroxylation is 1. The highest BCUT2D eigenvalue weighted by atomic mass is 15.2. The van der Waals surface area contributed by atoms with Crippen LogP contribution in [0.2, 0.25) is 0 Å². The summed E-state index contributed by atoms with van der Waals surface area (Å²) in [5, 5.41) is 4.55. The number of para-hydroxylation sites is 1. The second kappa shape index (κ2) is 5.79. The van der Waals surface area contributed by atoms with E-state index in [0.29, 0.717) is 6.54 Å². The Balaban J connectivity index is 1.85. The van der Waals surface area contributed by atoms with E-state index in [4.69, 9.17) is 0 Å². The van der Waals surface area contributed by atoms with E-state index in [1.54, 1.807) is 0 Å². The molecule has 3 rings (SSSR count). The van der Waals surface area contributed by atoms with Crippen molar-refractivity contribution in [3.8, 4) is 0 Å². The molecule has 3 aromatic rings. The summed E-state index contributed by atoms with van der Waals surface area (Å²) in [7, 11) is 0. The molecular formula is C17H18N4. The highest BCUT2D eigenvalue weighted by molar-refractivity contribution is 5.81. The number of hydrogen-bond acceptors (Lipinski definition) is 3. The van der Waals surface area contributed by atoms with Gasteiger partial charge in [-0.1, -0.05) is 30.3 Å². The van der Waals surface area contributed by atoms with Gasteiger partial charge in [0.05, 0.1) is 11.2 Å². The van der Waals surface area contributed by atoms with Crippen LogP contribution in [0.4, 0.5) is 5.95 Å². The molecule has 0 radical (unpaired) electrons. The van der Waals surface area contributed by atoms with Crippen molar-refractivity contribution in [1.29, 1.82) is 0 Å². The number of aromatic nitrogens is 3. The van der Waals surface area contributed by atoms with Crippen molar-refractivity contribution >= 4 is 16.9 Å². The Morgan fingerprint density at radius 3 is 3.00 bits per heavy atom. The Labute approximate surface area is 124 Å². The molecule has 4 heteroatoms. The van der Waals surface area contributed by atoms with E-state index >= 15 is 0 Å². The minimum atomic E-state index is 0.696. The van der Waals surface area contributed by atoms with Crippen molar-refractivity contribution in [2.45, 2.75) is 20.0 Å². The molecule has 2 heterocycles. The van der Waals surface area contributed by atoms with E-state index in [1.165, 1.54) is 5.56 Å². The molecule has 0 spiro atoms. The van der Waals surface area contributed by atoms with Crippen LogP contribution in [0.5, 0.6) is 0 Å². The fourth-order valence-corrected chi connectivity index (χ4v) is 2.45. The van der Waals surface area contributed by atoms with E-state index in [0.717, 1.165) is 29.1 Å². The third-order valence-electron chi connectivity index (χ3n) is 3.38. The summed E-state index contributed by atoms with van der Waals surface area (Å²) >= 11 is 0. The van der Waals surface area contributed by atoms with Crippen molar-refractivity contribution in [2.24, 2.45) is 0 Å². The van der Waals surface area contributed by atoms with E-state index < -0.39 is 0 Å². The number of rotatable bonds is 5. The summed E-state index contributed by atoms with van der Waals surface area (Å²) < 4.78 is 2.06. The number of hydrogen-bond donors (Lipinski definition) is 1. The SMILES string of the molecule is C=CCn1cc(C)nc1NCc1cccc2cccnc12. The number of imidazole rings is 1. The van der Waals surface area contributed by atoms with Crippen LogP contribution >= 0.6 is 0 Å². The molecule has 0 aliphatic rings. The zero-order valence-electron chi connectivity index (χ0n) is 12.1. The Morgan fingerprint density at radius 1 is 1.29 bits per heavy atom. The fraction of sp³-hybridized carbons (Fsp3) is 0.176. The lowest BCUT2D eigenvalue weighted by molar-refractivity contribution is 0.820. The molecule has 0 atom stereocenters. The van der Waals surface area contributed by atoms with Crippen LogP contribution in [0.3, 0.4) is 0 Å². The van der Waals surface area contributed by atoms with Gasteiger partial charge in [0.15, 0.2) is 0 Å². The standard InChI is InChI=1S/C17H18N4/c1-3-10-21-12-13(2)20-17(21)19-11-15-7-4-6-14-8-5-9-18-16(14)15/h3-9,12H,1,10-11H2,2H3,(H,19,20). The van der Waals surface area contributed by atoms with Gasteiger partial charge >= 0.3 is 0 Å². The largest absolute Gasteiger partial charge is 0.351 e. The van der Waals surface area contributed by atoms with E-state index in [9.17, 15) is 0 Å². The van der Waals surface area contributed by atoms with Gasteiger partial charge in [-0.2, -0.15) is 0 Å². The number of allylic oxidation sites excluding steroid dienone is 1. The van der Waals surface area contributed by atoms with Gasteiger partial charge in [-0.3, -0.25) is 4.98 Å². The molecule has 0 saturated heterocycles. The third-order valence-corrected chi connectivity index (χ3v) is 3.38. The van der Waals surface area contributed by atoms with Gasteiger partial charge in [-0.15, -0.1) is 6.58 Å². The highest BCUT2D eigenvalue weighted by Crippen LogP contribution is 2.17. The van der Waals surface area contributed by atoms with E-state index in [1.807, 2.05) is 31.5 Å². The second-order valence-electron chi connectivity index (χ2n) is 4.99. The summed E-state index contributed by atoms with van der Waals surface area (Å²) in [6.45, 7) is 7.21. The average molecular weight is 278 g/mol. The maximum Gasteiger partial charge on any atom is 0.203 e. The molecule has 106 valence electrons. The predicted octanol–water partition coefficient (Wildman–Crippen LogP) is 3.54. The van der Waals surface area contributed by atoms with Crippen molar-refractivity contribution in [2.75, 3.05) is 5.32 Å². The maximum atomic E-state index is 4.51. The zero-order valence-corrected chi connectivity index (χ0v) is 12.1. The Hall–Kier alpha value is -2.62. The normalized spacial score (nSPS) is 10.7. The van der Waals surface area contributed by atoms with Gasteiger partial charge in [0, 0.05) is 30.9 Å². The molecule has 1 N–H and O–H groups in total. The molecule has 0 aliphatic heterocycles. The average Bonchev–Trinajstić information content (AvgIpc) is 2.85. The summed E-state index contributed by atoms with van der Waals surface area (Å²) in [5.74, 6) is 0.861. The zero-order chi connectivity index (χ0) is 14.7. The molecular weight excluding hydrogens is 260 g/mol. The lowest BCUT2D eigenvalue weighted by Gasteiger charge is -2.09. The van der Waals surface area contributed by atoms with Crippen LogP contribution in [0.15, 0.2) is 55.4 Å². The van der Waals surface area contributed by atoms with Crippen molar-refractivity contribution in [3.05, 3.63) is 66.6 Å². The lowest BCUT2D eigenvalue weighted by Crippen LogP contribution is -2.07. The first-order valence-corrected chi connectivity index (χ1v) is 6.99. The molecule has 1 aromatic carbocycles. The van der Waals surface area contributed by atoms with Crippen LogP contribution in [0.25, 0.3) is 10.9 Å². The third kappa shape index (κ3) is 2.79. The number of fused-ring (bicyclic) bond motifs is 1. The molecule has 0 aliphatic carbocycles. The quantitative estimate of drug-likeness (QED) is 0.726. The molecule has 4 nitrogen and oxygen atoms in total. The summed E-state index contributed by atoms with van der Waals surface area (Å²) in [6, 6.07) is 10.3. The smallest absolute Gasteiger partial charge is 0.203 e. The number of anilines is 1. The number of benzene rings is 1. The lowest BCUT2D eigenvalue weighted by atomic mass is 10.1. The number of nitrogens with one attached hydrogen (secondary N) is 1. The first kappa shape index (κ1) is 13.4. The topological polar surface area (TPSA) is 42.7 Å². The van der Waals surface area contributed by atoms with Crippen LogP contribution in [-0.4, -0.2) is 14.5 Å². The van der Waals surface area contributed by atoms with Gasteiger partial charge in [-0.05, 0) is 18.6 Å². The number of pyridine rings is 1. The minimum Gasteiger partial charge on any atom is -0.351 e. The van der Waals surface area contributed by atoms with E-state index in [-0.39, 0.29) is 0 Å². The van der Waals surface area contributed by atoms with E-state index in [2.05, 4.69) is 50.7 Å². The molecule has 0 saturated carbocycles. The van der Waals surface area contributed by atoms with Gasteiger partial charge in [0.2, 0.25) is 5.95 Å². The summed E-state index contributed by atoms with van der Waals surface area (Å²) in [4.78, 5) is 8.98. The Morgan fingerprint density at radius 2 is 2.14 bits per heavy atom. The van der Waals surface area contributed by atoms with Gasteiger partial charge in [-0.25, -0.2) is 4.98 Å². The Kier molecular flexibility index (Phi) is 3.69. The predicted molar refractivity (Wildman–Crippen MR) is 86.2 cm³/mol. The monoisotopic (exact) mass is 278 g/mol. The minimum absolute atomic E-state index is 0.696.